The number of fused-ring (bicyclic) bond motifs is 2. The van der Waals surface area contributed by atoms with Gasteiger partial charge >= 0.3 is 0 Å². The first-order valence-electron chi connectivity index (χ1n) is 7.70. The number of nitrogens with one attached hydrogen (secondary N) is 1. The Morgan fingerprint density at radius 3 is 2.64 bits per heavy atom. The van der Waals surface area contributed by atoms with Gasteiger partial charge in [0.15, 0.2) is 5.65 Å². The summed E-state index contributed by atoms with van der Waals surface area (Å²) in [7, 11) is 0. The molecule has 0 aliphatic carbocycles. The number of amides is 1. The predicted octanol–water partition coefficient (Wildman–Crippen LogP) is 2.07. The minimum Gasteiger partial charge on any atom is -0.330 e. The Bertz CT molecular complexity index is 810. The first-order chi connectivity index (χ1) is 10.2. The number of hydrogen-bond acceptors (Lipinski definition) is 3. The Hall–Kier alpha value is -2.11. The van der Waals surface area contributed by atoms with Crippen LogP contribution in [0.2, 0.25) is 0 Å². The number of aromatic nitrogens is 3. The first kappa shape index (κ1) is 14.8. The molecule has 0 bridgehead atoms. The van der Waals surface area contributed by atoms with E-state index in [1.807, 2.05) is 19.9 Å². The van der Waals surface area contributed by atoms with Crippen molar-refractivity contribution in [2.24, 2.45) is 0 Å². The van der Waals surface area contributed by atoms with Crippen molar-refractivity contribution < 1.29 is 4.79 Å². The summed E-state index contributed by atoms with van der Waals surface area (Å²) in [6.07, 6.45) is 0.854. The number of carbonyl (C=O) groups is 1. The van der Waals surface area contributed by atoms with Crippen LogP contribution in [0.4, 0.5) is 0 Å². The van der Waals surface area contributed by atoms with Gasteiger partial charge in [-0.3, -0.25) is 14.7 Å². The van der Waals surface area contributed by atoms with E-state index in [4.69, 9.17) is 0 Å². The molecule has 3 rings (SSSR count). The summed E-state index contributed by atoms with van der Waals surface area (Å²) < 4.78 is 1.45. The standard InChI is InChI=1S/C16H22N4O2/c1-6-9(2)19-8-10-13(15(19)22)17-12-7-11(16(3,4)5)18-20(12)14(10)21/h7,9,18H,6,8H2,1-5H3. The quantitative estimate of drug-likeness (QED) is 0.923. The van der Waals surface area contributed by atoms with Gasteiger partial charge in [0.2, 0.25) is 0 Å². The van der Waals surface area contributed by atoms with Gasteiger partial charge in [0.25, 0.3) is 11.5 Å². The lowest BCUT2D eigenvalue weighted by Crippen LogP contribution is -2.33. The average molecular weight is 302 g/mol. The van der Waals surface area contributed by atoms with Gasteiger partial charge in [-0.25, -0.2) is 9.50 Å². The zero-order chi connectivity index (χ0) is 16.2. The van der Waals surface area contributed by atoms with Crippen LogP contribution in [-0.4, -0.2) is 31.4 Å². The normalized spacial score (nSPS) is 16.4. The topological polar surface area (TPSA) is 70.5 Å². The van der Waals surface area contributed by atoms with E-state index in [1.165, 1.54) is 4.52 Å². The van der Waals surface area contributed by atoms with Crippen molar-refractivity contribution in [3.05, 3.63) is 33.4 Å². The molecule has 22 heavy (non-hydrogen) atoms. The monoisotopic (exact) mass is 302 g/mol. The van der Waals surface area contributed by atoms with E-state index >= 15 is 0 Å². The van der Waals surface area contributed by atoms with Crippen LogP contribution < -0.4 is 5.56 Å². The fourth-order valence-corrected chi connectivity index (χ4v) is 2.72. The minimum absolute atomic E-state index is 0.106. The largest absolute Gasteiger partial charge is 0.330 e. The van der Waals surface area contributed by atoms with E-state index in [2.05, 4.69) is 30.9 Å². The van der Waals surface area contributed by atoms with Crippen LogP contribution in [-0.2, 0) is 12.0 Å². The minimum atomic E-state index is -0.172. The Kier molecular flexibility index (Phi) is 3.16. The lowest BCUT2D eigenvalue weighted by Gasteiger charge is -2.22. The van der Waals surface area contributed by atoms with Crippen molar-refractivity contribution in [2.45, 2.75) is 59.0 Å². The van der Waals surface area contributed by atoms with Crippen LogP contribution in [0, 0.1) is 0 Å². The number of rotatable bonds is 2. The molecule has 0 fully saturated rings. The zero-order valence-electron chi connectivity index (χ0n) is 13.7. The van der Waals surface area contributed by atoms with Crippen LogP contribution in [0.3, 0.4) is 0 Å². The fourth-order valence-electron chi connectivity index (χ4n) is 2.72. The van der Waals surface area contributed by atoms with E-state index in [1.54, 1.807) is 4.90 Å². The van der Waals surface area contributed by atoms with E-state index in [0.29, 0.717) is 23.4 Å². The van der Waals surface area contributed by atoms with Crippen molar-refractivity contribution >= 4 is 11.6 Å². The maximum atomic E-state index is 12.7. The molecular weight excluding hydrogens is 280 g/mol. The van der Waals surface area contributed by atoms with Gasteiger partial charge in [-0.05, 0) is 13.3 Å². The van der Waals surface area contributed by atoms with E-state index in [-0.39, 0.29) is 22.9 Å². The van der Waals surface area contributed by atoms with E-state index < -0.39 is 0 Å². The summed E-state index contributed by atoms with van der Waals surface area (Å²) in [5.74, 6) is -0.137. The van der Waals surface area contributed by atoms with Gasteiger partial charge in [-0.2, -0.15) is 0 Å². The Labute approximate surface area is 129 Å². The highest BCUT2D eigenvalue weighted by molar-refractivity contribution is 5.97. The van der Waals surface area contributed by atoms with Gasteiger partial charge in [-0.1, -0.05) is 27.7 Å². The lowest BCUT2D eigenvalue weighted by molar-refractivity contribution is 0.0709. The molecular formula is C16H22N4O2. The van der Waals surface area contributed by atoms with Gasteiger partial charge < -0.3 is 4.90 Å². The summed E-state index contributed by atoms with van der Waals surface area (Å²) in [4.78, 5) is 31.3. The third kappa shape index (κ3) is 2.05. The maximum Gasteiger partial charge on any atom is 0.278 e. The van der Waals surface area contributed by atoms with E-state index in [0.717, 1.165) is 12.1 Å². The zero-order valence-corrected chi connectivity index (χ0v) is 13.7. The molecule has 0 aromatic carbocycles. The SMILES string of the molecule is CCC(C)N1Cc2c(nc3cc(C(C)(C)C)[nH]n3c2=O)C1=O. The molecule has 2 aromatic heterocycles. The summed E-state index contributed by atoms with van der Waals surface area (Å²) in [6.45, 7) is 10.6. The molecule has 0 saturated heterocycles. The van der Waals surface area contributed by atoms with Crippen molar-refractivity contribution in [1.82, 2.24) is 19.5 Å². The smallest absolute Gasteiger partial charge is 0.278 e. The van der Waals surface area contributed by atoms with Crippen LogP contribution in [0.15, 0.2) is 10.9 Å². The first-order valence-corrected chi connectivity index (χ1v) is 7.70. The van der Waals surface area contributed by atoms with Crippen LogP contribution in [0.1, 0.15) is 62.8 Å². The van der Waals surface area contributed by atoms with Crippen molar-refractivity contribution in [3.8, 4) is 0 Å². The second kappa shape index (κ2) is 4.69. The lowest BCUT2D eigenvalue weighted by atomic mass is 9.93. The fraction of sp³-hybridized carbons (Fsp3) is 0.562. The van der Waals surface area contributed by atoms with Crippen molar-refractivity contribution in [3.63, 3.8) is 0 Å². The summed E-state index contributed by atoms with van der Waals surface area (Å²) in [5, 5.41) is 3.12. The molecule has 1 aliphatic heterocycles. The summed E-state index contributed by atoms with van der Waals surface area (Å²) in [5.41, 5.74) is 1.95. The molecule has 6 nitrogen and oxygen atoms in total. The van der Waals surface area contributed by atoms with Crippen molar-refractivity contribution in [1.29, 1.82) is 0 Å². The second-order valence-electron chi connectivity index (χ2n) is 7.05. The number of hydrogen-bond donors (Lipinski definition) is 1. The molecule has 0 spiro atoms. The molecule has 2 aromatic rings. The van der Waals surface area contributed by atoms with Crippen LogP contribution >= 0.6 is 0 Å². The van der Waals surface area contributed by atoms with Crippen LogP contribution in [0.5, 0.6) is 0 Å². The van der Waals surface area contributed by atoms with Gasteiger partial charge in [0.1, 0.15) is 5.69 Å². The average Bonchev–Trinajstić information content (AvgIpc) is 3.01. The van der Waals surface area contributed by atoms with Gasteiger partial charge in [0, 0.05) is 23.2 Å². The van der Waals surface area contributed by atoms with Gasteiger partial charge in [0.05, 0.1) is 12.1 Å². The molecule has 1 aliphatic rings. The summed E-state index contributed by atoms with van der Waals surface area (Å²) >= 11 is 0. The summed E-state index contributed by atoms with van der Waals surface area (Å²) in [6, 6.07) is 1.95. The Morgan fingerprint density at radius 2 is 2.05 bits per heavy atom. The number of aromatic amines is 1. The van der Waals surface area contributed by atoms with Gasteiger partial charge in [-0.15, -0.1) is 0 Å². The molecule has 118 valence electrons. The highest BCUT2D eigenvalue weighted by atomic mass is 16.2. The van der Waals surface area contributed by atoms with Crippen molar-refractivity contribution in [2.75, 3.05) is 0 Å². The maximum absolute atomic E-state index is 12.7. The molecule has 1 unspecified atom stereocenters. The third-order valence-electron chi connectivity index (χ3n) is 4.43. The molecule has 1 atom stereocenters. The number of carbonyl (C=O) groups excluding carboxylic acids is 1. The molecule has 0 saturated carbocycles. The third-order valence-corrected chi connectivity index (χ3v) is 4.43. The highest BCUT2D eigenvalue weighted by Gasteiger charge is 2.35. The molecule has 6 heteroatoms. The molecule has 1 N–H and O–H groups in total. The predicted molar refractivity (Wildman–Crippen MR) is 84.1 cm³/mol. The highest BCUT2D eigenvalue weighted by Crippen LogP contribution is 2.24. The molecule has 1 amide bonds. The Balaban J connectivity index is 2.16. The number of nitrogens with zero attached hydrogens (tertiary/aromatic N) is 3. The van der Waals surface area contributed by atoms with Crippen LogP contribution in [0.25, 0.3) is 5.65 Å². The molecule has 3 heterocycles. The van der Waals surface area contributed by atoms with E-state index in [9.17, 15) is 9.59 Å². The molecule has 0 radical (unpaired) electrons. The Morgan fingerprint density at radius 1 is 1.36 bits per heavy atom. The number of H-pyrrole nitrogens is 1. The second-order valence-corrected chi connectivity index (χ2v) is 7.05.